The standard InChI is InChI=1S/C28H26N6O2/c1-16-10-25(30)32-18(3)27(16)24-12-22(28(31)36)17(2)23(33-24)11-19-4-6-20(7-5-19)14-34-15-21(13-29)8-9-26(34)35/h4-10,12,15H,11,14H2,1-3H3,(H2,30,32)(H2,31,36). The number of nitrogens with two attached hydrogens (primary N) is 2. The molecular weight excluding hydrogens is 452 g/mol. The van der Waals surface area contributed by atoms with E-state index in [1.807, 2.05) is 45.0 Å². The van der Waals surface area contributed by atoms with Gasteiger partial charge < -0.3 is 16.0 Å². The zero-order valence-electron chi connectivity index (χ0n) is 20.4. The maximum Gasteiger partial charge on any atom is 0.250 e. The Morgan fingerprint density at radius 2 is 1.72 bits per heavy atom. The van der Waals surface area contributed by atoms with Crippen LogP contribution in [0.3, 0.4) is 0 Å². The van der Waals surface area contributed by atoms with Crippen LogP contribution in [0.2, 0.25) is 0 Å². The van der Waals surface area contributed by atoms with Crippen molar-refractivity contribution in [3.05, 3.63) is 110 Å². The van der Waals surface area contributed by atoms with Gasteiger partial charge in [0, 0.05) is 41.2 Å². The van der Waals surface area contributed by atoms with E-state index in [9.17, 15) is 9.59 Å². The van der Waals surface area contributed by atoms with Crippen molar-refractivity contribution in [2.24, 2.45) is 5.73 Å². The number of carbonyl (C=O) groups is 1. The van der Waals surface area contributed by atoms with Crippen LogP contribution in [0, 0.1) is 32.1 Å². The molecule has 1 amide bonds. The first-order valence-electron chi connectivity index (χ1n) is 11.4. The quantitative estimate of drug-likeness (QED) is 0.435. The Morgan fingerprint density at radius 3 is 2.36 bits per heavy atom. The van der Waals surface area contributed by atoms with E-state index >= 15 is 0 Å². The monoisotopic (exact) mass is 478 g/mol. The summed E-state index contributed by atoms with van der Waals surface area (Å²) in [5.74, 6) is -0.0885. The first kappa shape index (κ1) is 24.4. The Morgan fingerprint density at radius 1 is 1.03 bits per heavy atom. The van der Waals surface area contributed by atoms with Crippen molar-refractivity contribution in [2.75, 3.05) is 5.73 Å². The Labute approximate surface area is 208 Å². The molecule has 0 unspecified atom stereocenters. The number of aryl methyl sites for hydroxylation is 2. The SMILES string of the molecule is Cc1cc(N)nc(C)c1-c1cc(C(N)=O)c(C)c(Cc2ccc(Cn3cc(C#N)ccc3=O)cc2)n1. The van der Waals surface area contributed by atoms with E-state index in [0.717, 1.165) is 39.2 Å². The second kappa shape index (κ2) is 9.84. The summed E-state index contributed by atoms with van der Waals surface area (Å²) >= 11 is 0. The number of rotatable bonds is 6. The number of hydrogen-bond donors (Lipinski definition) is 2. The number of aromatic nitrogens is 3. The van der Waals surface area contributed by atoms with E-state index < -0.39 is 5.91 Å². The predicted octanol–water partition coefficient (Wildman–Crippen LogP) is 3.42. The summed E-state index contributed by atoms with van der Waals surface area (Å²) in [6.07, 6.45) is 2.04. The summed E-state index contributed by atoms with van der Waals surface area (Å²) in [7, 11) is 0. The number of hydrogen-bond acceptors (Lipinski definition) is 6. The Kier molecular flexibility index (Phi) is 6.66. The molecule has 0 saturated heterocycles. The molecule has 3 heterocycles. The average molecular weight is 479 g/mol. The van der Waals surface area contributed by atoms with Crippen molar-refractivity contribution < 1.29 is 4.79 Å². The number of amides is 1. The number of nitriles is 1. The zero-order chi connectivity index (χ0) is 26.0. The van der Waals surface area contributed by atoms with Crippen molar-refractivity contribution in [1.29, 1.82) is 5.26 Å². The van der Waals surface area contributed by atoms with Gasteiger partial charge >= 0.3 is 0 Å². The van der Waals surface area contributed by atoms with Gasteiger partial charge in [0.15, 0.2) is 0 Å². The highest BCUT2D eigenvalue weighted by atomic mass is 16.1. The summed E-state index contributed by atoms with van der Waals surface area (Å²) in [5, 5.41) is 9.10. The van der Waals surface area contributed by atoms with E-state index in [2.05, 4.69) is 11.1 Å². The molecule has 8 heteroatoms. The average Bonchev–Trinajstić information content (AvgIpc) is 2.82. The van der Waals surface area contributed by atoms with Gasteiger partial charge in [-0.1, -0.05) is 24.3 Å². The molecule has 0 saturated carbocycles. The number of nitrogen functional groups attached to an aromatic ring is 1. The highest BCUT2D eigenvalue weighted by Crippen LogP contribution is 2.29. The van der Waals surface area contributed by atoms with E-state index in [1.54, 1.807) is 18.3 Å². The predicted molar refractivity (Wildman–Crippen MR) is 138 cm³/mol. The van der Waals surface area contributed by atoms with E-state index in [0.29, 0.717) is 35.6 Å². The summed E-state index contributed by atoms with van der Waals surface area (Å²) in [6, 6.07) is 16.3. The topological polar surface area (TPSA) is 141 Å². The third kappa shape index (κ3) is 5.00. The molecule has 4 aromatic rings. The molecule has 0 radical (unpaired) electrons. The Balaban J connectivity index is 1.67. The van der Waals surface area contributed by atoms with Crippen molar-refractivity contribution in [2.45, 2.75) is 33.7 Å². The number of benzene rings is 1. The fraction of sp³-hybridized carbons (Fsp3) is 0.179. The van der Waals surface area contributed by atoms with Crippen LogP contribution in [0.4, 0.5) is 5.82 Å². The smallest absolute Gasteiger partial charge is 0.250 e. The number of nitrogens with zero attached hydrogens (tertiary/aromatic N) is 4. The minimum absolute atomic E-state index is 0.170. The van der Waals surface area contributed by atoms with Gasteiger partial charge in [-0.15, -0.1) is 0 Å². The highest BCUT2D eigenvalue weighted by Gasteiger charge is 2.17. The molecule has 0 atom stereocenters. The maximum atomic E-state index is 12.2. The molecule has 0 bridgehead atoms. The van der Waals surface area contributed by atoms with E-state index in [-0.39, 0.29) is 5.56 Å². The lowest BCUT2D eigenvalue weighted by molar-refractivity contribution is 0.0999. The first-order valence-corrected chi connectivity index (χ1v) is 11.4. The number of primary amides is 1. The fourth-order valence-corrected chi connectivity index (χ4v) is 4.34. The Hall–Kier alpha value is -4.77. The van der Waals surface area contributed by atoms with Gasteiger partial charge in [0.1, 0.15) is 11.9 Å². The van der Waals surface area contributed by atoms with Gasteiger partial charge in [0.2, 0.25) is 5.91 Å². The van der Waals surface area contributed by atoms with Crippen LogP contribution < -0.4 is 17.0 Å². The van der Waals surface area contributed by atoms with Crippen molar-refractivity contribution in [3.63, 3.8) is 0 Å². The number of pyridine rings is 3. The molecule has 0 spiro atoms. The van der Waals surface area contributed by atoms with Gasteiger partial charge in [-0.05, 0) is 61.2 Å². The van der Waals surface area contributed by atoms with Gasteiger partial charge in [-0.25, -0.2) is 4.98 Å². The van der Waals surface area contributed by atoms with Crippen molar-refractivity contribution >= 4 is 11.7 Å². The van der Waals surface area contributed by atoms with E-state index in [1.165, 1.54) is 16.7 Å². The molecule has 180 valence electrons. The lowest BCUT2D eigenvalue weighted by atomic mass is 9.96. The molecule has 0 aliphatic rings. The van der Waals surface area contributed by atoms with Crippen LogP contribution in [-0.4, -0.2) is 20.4 Å². The highest BCUT2D eigenvalue weighted by molar-refractivity contribution is 5.95. The van der Waals surface area contributed by atoms with Gasteiger partial charge in [0.05, 0.1) is 17.8 Å². The Bertz CT molecular complexity index is 1560. The lowest BCUT2D eigenvalue weighted by Gasteiger charge is -2.15. The van der Waals surface area contributed by atoms with Crippen molar-refractivity contribution in [1.82, 2.24) is 14.5 Å². The van der Waals surface area contributed by atoms with Crippen LogP contribution in [0.15, 0.2) is 59.5 Å². The molecule has 1 aromatic carbocycles. The summed E-state index contributed by atoms with van der Waals surface area (Å²) in [6.45, 7) is 5.99. The molecule has 0 fully saturated rings. The van der Waals surface area contributed by atoms with Crippen LogP contribution >= 0.6 is 0 Å². The minimum Gasteiger partial charge on any atom is -0.384 e. The molecule has 36 heavy (non-hydrogen) atoms. The molecule has 8 nitrogen and oxygen atoms in total. The third-order valence-corrected chi connectivity index (χ3v) is 6.17. The number of carbonyl (C=O) groups excluding carboxylic acids is 1. The molecule has 0 aliphatic heterocycles. The molecule has 3 aromatic heterocycles. The van der Waals surface area contributed by atoms with Crippen LogP contribution in [0.1, 0.15) is 49.6 Å². The number of anilines is 1. The van der Waals surface area contributed by atoms with Crippen molar-refractivity contribution in [3.8, 4) is 17.3 Å². The van der Waals surface area contributed by atoms with Crippen LogP contribution in [0.5, 0.6) is 0 Å². The largest absolute Gasteiger partial charge is 0.384 e. The van der Waals surface area contributed by atoms with Gasteiger partial charge in [0.25, 0.3) is 5.56 Å². The molecular formula is C28H26N6O2. The first-order chi connectivity index (χ1) is 17.2. The van der Waals surface area contributed by atoms with Crippen LogP contribution in [0.25, 0.3) is 11.3 Å². The zero-order valence-corrected chi connectivity index (χ0v) is 20.4. The molecule has 0 aliphatic carbocycles. The summed E-state index contributed by atoms with van der Waals surface area (Å²) in [5.41, 5.74) is 18.7. The van der Waals surface area contributed by atoms with Gasteiger partial charge in [-0.2, -0.15) is 5.26 Å². The second-order valence-corrected chi connectivity index (χ2v) is 8.80. The third-order valence-electron chi connectivity index (χ3n) is 6.17. The van der Waals surface area contributed by atoms with Crippen LogP contribution in [-0.2, 0) is 13.0 Å². The minimum atomic E-state index is -0.517. The van der Waals surface area contributed by atoms with Gasteiger partial charge in [-0.3, -0.25) is 14.6 Å². The fourth-order valence-electron chi connectivity index (χ4n) is 4.34. The maximum absolute atomic E-state index is 12.2. The summed E-state index contributed by atoms with van der Waals surface area (Å²) < 4.78 is 1.51. The lowest BCUT2D eigenvalue weighted by Crippen LogP contribution is -2.19. The second-order valence-electron chi connectivity index (χ2n) is 8.80. The normalized spacial score (nSPS) is 10.7. The summed E-state index contributed by atoms with van der Waals surface area (Å²) in [4.78, 5) is 33.6. The molecule has 4 N–H and O–H groups in total. The van der Waals surface area contributed by atoms with E-state index in [4.69, 9.17) is 21.7 Å². The molecule has 4 rings (SSSR count).